The van der Waals surface area contributed by atoms with Crippen molar-refractivity contribution < 1.29 is 38.5 Å². The molecule has 0 heterocycles. The second kappa shape index (κ2) is 10.9. The van der Waals surface area contributed by atoms with Crippen LogP contribution in [0, 0.1) is 37.0 Å². The number of nitro benzene ring substituents is 2. The first-order chi connectivity index (χ1) is 17.8. The van der Waals surface area contributed by atoms with E-state index >= 15 is 0 Å². The fraction of sp³-hybridized carbons (Fsp3) is 0.385. The van der Waals surface area contributed by atoms with E-state index in [2.05, 4.69) is 0 Å². The minimum atomic E-state index is -1.13. The van der Waals surface area contributed by atoms with Crippen LogP contribution in [0.5, 0.6) is 0 Å². The minimum Gasteiger partial charge on any atom is -0.457 e. The van der Waals surface area contributed by atoms with Gasteiger partial charge in [-0.2, -0.15) is 0 Å². The van der Waals surface area contributed by atoms with Crippen molar-refractivity contribution in [3.63, 3.8) is 0 Å². The van der Waals surface area contributed by atoms with Crippen molar-refractivity contribution in [3.05, 3.63) is 79.9 Å². The van der Waals surface area contributed by atoms with E-state index in [0.29, 0.717) is 6.42 Å². The number of esters is 2. The summed E-state index contributed by atoms with van der Waals surface area (Å²) in [6.07, 6.45) is 0.570. The molecule has 2 unspecified atom stereocenters. The molecule has 3 rings (SSSR count). The monoisotopic (exact) mass is 526 g/mol. The predicted molar refractivity (Wildman–Crippen MR) is 131 cm³/mol. The summed E-state index contributed by atoms with van der Waals surface area (Å²) in [5.41, 5.74) is -2.11. The molecule has 1 fully saturated rings. The Bertz CT molecular complexity index is 1280. The van der Waals surface area contributed by atoms with E-state index in [9.17, 15) is 39.4 Å². The van der Waals surface area contributed by atoms with Gasteiger partial charge in [0.1, 0.15) is 0 Å². The van der Waals surface area contributed by atoms with E-state index in [4.69, 9.17) is 9.47 Å². The van der Waals surface area contributed by atoms with E-state index in [0.717, 1.165) is 0 Å². The number of non-ortho nitro benzene ring substituents is 2. The summed E-state index contributed by atoms with van der Waals surface area (Å²) in [6, 6.07) is 9.83. The fourth-order valence-electron chi connectivity index (χ4n) is 4.51. The Morgan fingerprint density at radius 3 is 1.63 bits per heavy atom. The van der Waals surface area contributed by atoms with Gasteiger partial charge in [0.2, 0.25) is 0 Å². The maximum Gasteiger partial charge on any atom is 0.312 e. The SMILES string of the molecule is CC1(C(=O)OCC(=O)c2ccc([N+](=O)[O-])cc2)CCC(C(=O)OCC(=O)c2ccc([N+](=O)[O-])cc2)C1(C)C. The van der Waals surface area contributed by atoms with Crippen LogP contribution < -0.4 is 0 Å². The summed E-state index contributed by atoms with van der Waals surface area (Å²) in [5.74, 6) is -3.13. The number of rotatable bonds is 10. The lowest BCUT2D eigenvalue weighted by atomic mass is 9.65. The normalized spacial score (nSPS) is 19.8. The third-order valence-electron chi connectivity index (χ3n) is 7.44. The number of carbonyl (C=O) groups is 4. The van der Waals surface area contributed by atoms with Gasteiger partial charge in [0.25, 0.3) is 11.4 Å². The molecule has 2 atom stereocenters. The number of nitrogens with zero attached hydrogens (tertiary/aromatic N) is 2. The highest BCUT2D eigenvalue weighted by Crippen LogP contribution is 2.56. The Balaban J connectivity index is 1.58. The van der Waals surface area contributed by atoms with Crippen molar-refractivity contribution in [2.45, 2.75) is 33.6 Å². The van der Waals surface area contributed by atoms with Crippen LogP contribution in [0.2, 0.25) is 0 Å². The topological polar surface area (TPSA) is 173 Å². The first kappa shape index (κ1) is 28.1. The summed E-state index contributed by atoms with van der Waals surface area (Å²) in [6.45, 7) is 3.93. The van der Waals surface area contributed by atoms with Gasteiger partial charge >= 0.3 is 11.9 Å². The molecule has 0 N–H and O–H groups in total. The average molecular weight is 526 g/mol. The molecule has 1 saturated carbocycles. The lowest BCUT2D eigenvalue weighted by molar-refractivity contribution is -0.385. The Kier molecular flexibility index (Phi) is 8.04. The van der Waals surface area contributed by atoms with Crippen molar-refractivity contribution in [2.24, 2.45) is 16.7 Å². The van der Waals surface area contributed by atoms with Crippen LogP contribution in [0.1, 0.15) is 54.3 Å². The number of ether oxygens (including phenoxy) is 2. The molecular formula is C26H26N2O10. The van der Waals surface area contributed by atoms with Gasteiger partial charge in [0.05, 0.1) is 21.2 Å². The number of nitro groups is 2. The van der Waals surface area contributed by atoms with E-state index in [1.807, 2.05) is 0 Å². The zero-order chi connectivity index (χ0) is 28.3. The van der Waals surface area contributed by atoms with E-state index in [1.54, 1.807) is 20.8 Å². The van der Waals surface area contributed by atoms with E-state index in [1.165, 1.54) is 48.5 Å². The van der Waals surface area contributed by atoms with Crippen LogP contribution in [0.25, 0.3) is 0 Å². The zero-order valence-electron chi connectivity index (χ0n) is 21.0. The molecular weight excluding hydrogens is 500 g/mol. The molecule has 0 spiro atoms. The van der Waals surface area contributed by atoms with Gasteiger partial charge in [-0.15, -0.1) is 0 Å². The van der Waals surface area contributed by atoms with E-state index < -0.39 is 63.3 Å². The van der Waals surface area contributed by atoms with Crippen molar-refractivity contribution in [3.8, 4) is 0 Å². The molecule has 0 aliphatic heterocycles. The fourth-order valence-corrected chi connectivity index (χ4v) is 4.51. The second-order valence-electron chi connectivity index (χ2n) is 9.78. The zero-order valence-corrected chi connectivity index (χ0v) is 21.0. The van der Waals surface area contributed by atoms with Crippen LogP contribution in [0.3, 0.4) is 0 Å². The van der Waals surface area contributed by atoms with Crippen molar-refractivity contribution in [2.75, 3.05) is 13.2 Å². The number of hydrogen-bond donors (Lipinski definition) is 0. The number of Topliss-reactive ketones (excluding diaryl/α,β-unsaturated/α-hetero) is 2. The van der Waals surface area contributed by atoms with Crippen LogP contribution in [0.4, 0.5) is 11.4 Å². The molecule has 2 aromatic carbocycles. The quantitative estimate of drug-likeness (QED) is 0.190. The molecule has 1 aliphatic carbocycles. The third kappa shape index (κ3) is 5.58. The molecule has 0 radical (unpaired) electrons. The molecule has 12 heteroatoms. The lowest BCUT2D eigenvalue weighted by Crippen LogP contribution is -2.44. The highest BCUT2D eigenvalue weighted by molar-refractivity contribution is 5.99. The van der Waals surface area contributed by atoms with Gasteiger partial charge in [-0.05, 0) is 49.4 Å². The van der Waals surface area contributed by atoms with Crippen LogP contribution in [0.15, 0.2) is 48.5 Å². The molecule has 200 valence electrons. The summed E-state index contributed by atoms with van der Waals surface area (Å²) in [4.78, 5) is 71.0. The molecule has 0 aromatic heterocycles. The maximum atomic E-state index is 13.0. The van der Waals surface area contributed by atoms with Crippen molar-refractivity contribution >= 4 is 34.9 Å². The van der Waals surface area contributed by atoms with Crippen LogP contribution in [-0.2, 0) is 19.1 Å². The minimum absolute atomic E-state index is 0.151. The first-order valence-corrected chi connectivity index (χ1v) is 11.7. The molecule has 0 saturated heterocycles. The van der Waals surface area contributed by atoms with Gasteiger partial charge < -0.3 is 9.47 Å². The predicted octanol–water partition coefficient (Wildman–Crippen LogP) is 4.10. The second-order valence-corrected chi connectivity index (χ2v) is 9.78. The summed E-state index contributed by atoms with van der Waals surface area (Å²) >= 11 is 0. The Morgan fingerprint density at radius 1 is 0.789 bits per heavy atom. The number of carbonyl (C=O) groups excluding carboxylic acids is 4. The highest BCUT2D eigenvalue weighted by Gasteiger charge is 2.59. The van der Waals surface area contributed by atoms with Crippen LogP contribution >= 0.6 is 0 Å². The summed E-state index contributed by atoms with van der Waals surface area (Å²) in [7, 11) is 0. The molecule has 0 bridgehead atoms. The lowest BCUT2D eigenvalue weighted by Gasteiger charge is -2.38. The van der Waals surface area contributed by atoms with Gasteiger partial charge in [-0.25, -0.2) is 0 Å². The maximum absolute atomic E-state index is 13.0. The Hall–Kier alpha value is -4.48. The number of benzene rings is 2. The third-order valence-corrected chi connectivity index (χ3v) is 7.44. The summed E-state index contributed by atoms with van der Waals surface area (Å²) in [5, 5.41) is 21.5. The van der Waals surface area contributed by atoms with E-state index in [-0.39, 0.29) is 28.9 Å². The van der Waals surface area contributed by atoms with Gasteiger partial charge in [0, 0.05) is 35.4 Å². The van der Waals surface area contributed by atoms with Crippen LogP contribution in [-0.4, -0.2) is 46.6 Å². The van der Waals surface area contributed by atoms with Crippen molar-refractivity contribution in [1.29, 1.82) is 0 Å². The molecule has 2 aromatic rings. The van der Waals surface area contributed by atoms with Gasteiger partial charge in [-0.3, -0.25) is 39.4 Å². The van der Waals surface area contributed by atoms with Gasteiger partial charge in [-0.1, -0.05) is 13.8 Å². The molecule has 12 nitrogen and oxygen atoms in total. The standard InChI is InChI=1S/C26H26N2O10/c1-25(2)20(23(31)37-14-21(29)16-4-8-18(9-5-16)27(33)34)12-13-26(25,3)24(32)38-15-22(30)17-6-10-19(11-7-17)28(35)36/h4-11,20H,12-15H2,1-3H3. The smallest absolute Gasteiger partial charge is 0.312 e. The Morgan fingerprint density at radius 2 is 1.21 bits per heavy atom. The number of ketones is 2. The molecule has 38 heavy (non-hydrogen) atoms. The number of hydrogen-bond acceptors (Lipinski definition) is 10. The van der Waals surface area contributed by atoms with Crippen molar-refractivity contribution in [1.82, 2.24) is 0 Å². The molecule has 0 amide bonds. The highest BCUT2D eigenvalue weighted by atomic mass is 16.6. The largest absolute Gasteiger partial charge is 0.457 e. The first-order valence-electron chi connectivity index (χ1n) is 11.7. The van der Waals surface area contributed by atoms with Gasteiger partial charge in [0.15, 0.2) is 24.8 Å². The Labute approximate surface area is 217 Å². The average Bonchev–Trinajstić information content (AvgIpc) is 3.14. The molecule has 1 aliphatic rings. The summed E-state index contributed by atoms with van der Waals surface area (Å²) < 4.78 is 10.5.